The minimum absolute atomic E-state index is 0.335. The van der Waals surface area contributed by atoms with Crippen LogP contribution in [0.4, 0.5) is 0 Å². The normalized spacial score (nSPS) is 12.3. The van der Waals surface area contributed by atoms with Gasteiger partial charge >= 0.3 is 5.97 Å². The van der Waals surface area contributed by atoms with Gasteiger partial charge in [0.25, 0.3) is 0 Å². The lowest BCUT2D eigenvalue weighted by Gasteiger charge is -2.14. The van der Waals surface area contributed by atoms with Gasteiger partial charge in [-0.05, 0) is 60.5 Å². The second-order valence-electron chi connectivity index (χ2n) is 7.87. The highest BCUT2D eigenvalue weighted by Crippen LogP contribution is 2.33. The van der Waals surface area contributed by atoms with Crippen LogP contribution in [-0.2, 0) is 22.5 Å². The smallest absolute Gasteiger partial charge is 0.333 e. The Bertz CT molecular complexity index is 1210. The molecule has 1 unspecified atom stereocenters. The SMILES string of the molecule is CCCOC(Cc1ccc(OCCn2c3ccc(Br)cc3c3cc(Br)ccc32)cc1)C(=O)O. The first-order valence-corrected chi connectivity index (χ1v) is 12.5. The molecule has 3 aromatic carbocycles. The molecule has 0 saturated carbocycles. The third kappa shape index (κ3) is 5.60. The Labute approximate surface area is 209 Å². The molecular formula is C26H25Br2NO4. The van der Waals surface area contributed by atoms with E-state index in [4.69, 9.17) is 9.47 Å². The number of ether oxygens (including phenoxy) is 2. The van der Waals surface area contributed by atoms with Crippen LogP contribution in [-0.4, -0.2) is 35.0 Å². The van der Waals surface area contributed by atoms with E-state index >= 15 is 0 Å². The molecule has 1 heterocycles. The van der Waals surface area contributed by atoms with Crippen LogP contribution in [0.15, 0.2) is 69.6 Å². The molecule has 0 spiro atoms. The molecule has 0 aliphatic rings. The number of nitrogens with zero attached hydrogens (tertiary/aromatic N) is 1. The Morgan fingerprint density at radius 1 is 0.939 bits per heavy atom. The van der Waals surface area contributed by atoms with Crippen LogP contribution in [0.1, 0.15) is 18.9 Å². The maximum atomic E-state index is 11.4. The van der Waals surface area contributed by atoms with Gasteiger partial charge in [0, 0.05) is 43.8 Å². The predicted octanol–water partition coefficient (Wildman–Crippen LogP) is 6.82. The van der Waals surface area contributed by atoms with E-state index in [2.05, 4.69) is 72.8 Å². The molecule has 0 radical (unpaired) electrons. The van der Waals surface area contributed by atoms with Crippen molar-refractivity contribution in [3.63, 3.8) is 0 Å². The van der Waals surface area contributed by atoms with Crippen molar-refractivity contribution in [3.05, 3.63) is 75.2 Å². The van der Waals surface area contributed by atoms with E-state index in [1.807, 2.05) is 31.2 Å². The van der Waals surface area contributed by atoms with E-state index in [1.165, 1.54) is 10.8 Å². The summed E-state index contributed by atoms with van der Waals surface area (Å²) in [6.45, 7) is 3.62. The summed E-state index contributed by atoms with van der Waals surface area (Å²) in [5, 5.41) is 11.7. The molecule has 0 aliphatic carbocycles. The second-order valence-corrected chi connectivity index (χ2v) is 9.70. The van der Waals surface area contributed by atoms with Gasteiger partial charge in [-0.25, -0.2) is 4.79 Å². The highest BCUT2D eigenvalue weighted by molar-refractivity contribution is 9.10. The molecule has 1 aromatic heterocycles. The molecular weight excluding hydrogens is 550 g/mol. The van der Waals surface area contributed by atoms with Gasteiger partial charge in [0.1, 0.15) is 12.4 Å². The molecule has 0 amide bonds. The van der Waals surface area contributed by atoms with Gasteiger partial charge in [0.15, 0.2) is 6.10 Å². The van der Waals surface area contributed by atoms with Crippen LogP contribution in [0.3, 0.4) is 0 Å². The summed E-state index contributed by atoms with van der Waals surface area (Å²) in [7, 11) is 0. The van der Waals surface area contributed by atoms with Gasteiger partial charge in [-0.15, -0.1) is 0 Å². The van der Waals surface area contributed by atoms with E-state index in [1.54, 1.807) is 0 Å². The first-order chi connectivity index (χ1) is 16.0. The number of halogens is 2. The fourth-order valence-electron chi connectivity index (χ4n) is 3.96. The molecule has 0 bridgehead atoms. The van der Waals surface area contributed by atoms with Crippen molar-refractivity contribution in [2.75, 3.05) is 13.2 Å². The van der Waals surface area contributed by atoms with Gasteiger partial charge in [-0.2, -0.15) is 0 Å². The van der Waals surface area contributed by atoms with Gasteiger partial charge in [-0.3, -0.25) is 0 Å². The summed E-state index contributed by atoms with van der Waals surface area (Å²) in [4.78, 5) is 11.4. The zero-order valence-corrected chi connectivity index (χ0v) is 21.4. The van der Waals surface area contributed by atoms with Crippen LogP contribution < -0.4 is 4.74 Å². The van der Waals surface area contributed by atoms with Crippen LogP contribution in [0, 0.1) is 0 Å². The monoisotopic (exact) mass is 573 g/mol. The zero-order chi connectivity index (χ0) is 23.4. The first kappa shape index (κ1) is 23.8. The predicted molar refractivity (Wildman–Crippen MR) is 138 cm³/mol. The minimum atomic E-state index is -0.936. The summed E-state index contributed by atoms with van der Waals surface area (Å²) in [5.41, 5.74) is 3.23. The lowest BCUT2D eigenvalue weighted by molar-refractivity contribution is -0.150. The maximum absolute atomic E-state index is 11.4. The number of carbonyl (C=O) groups is 1. The van der Waals surface area contributed by atoms with E-state index in [9.17, 15) is 9.90 Å². The van der Waals surface area contributed by atoms with Gasteiger partial charge in [0.2, 0.25) is 0 Å². The van der Waals surface area contributed by atoms with Crippen molar-refractivity contribution in [2.24, 2.45) is 0 Å². The number of aliphatic carboxylic acids is 1. The number of carboxylic acids is 1. The maximum Gasteiger partial charge on any atom is 0.333 e. The molecule has 4 rings (SSSR count). The third-order valence-corrected chi connectivity index (χ3v) is 6.50. The summed E-state index contributed by atoms with van der Waals surface area (Å²) >= 11 is 7.17. The van der Waals surface area contributed by atoms with Gasteiger partial charge in [0.05, 0.1) is 6.54 Å². The molecule has 0 aliphatic heterocycles. The molecule has 4 aromatic rings. The number of carboxylic acid groups (broad SMARTS) is 1. The standard InChI is InChI=1S/C26H25Br2NO4/c1-2-12-33-25(26(30)31)14-17-3-7-20(8-4-17)32-13-11-29-23-9-5-18(27)15-21(23)22-16-19(28)6-10-24(22)29/h3-10,15-16,25H,2,11-14H2,1H3,(H,30,31). The Hall–Kier alpha value is -2.35. The molecule has 7 heteroatoms. The van der Waals surface area contributed by atoms with Gasteiger partial charge < -0.3 is 19.1 Å². The fraction of sp³-hybridized carbons (Fsp3) is 0.269. The van der Waals surface area contributed by atoms with Gasteiger partial charge in [-0.1, -0.05) is 50.9 Å². The summed E-state index contributed by atoms with van der Waals surface area (Å²) < 4.78 is 15.8. The fourth-order valence-corrected chi connectivity index (χ4v) is 4.68. The van der Waals surface area contributed by atoms with Crippen LogP contribution >= 0.6 is 31.9 Å². The van der Waals surface area contributed by atoms with E-state index in [-0.39, 0.29) is 0 Å². The average Bonchev–Trinajstić information content (AvgIpc) is 3.09. The number of hydrogen-bond acceptors (Lipinski definition) is 3. The quantitative estimate of drug-likeness (QED) is 0.226. The van der Waals surface area contributed by atoms with E-state index in [0.29, 0.717) is 26.2 Å². The number of fused-ring (bicyclic) bond motifs is 3. The molecule has 0 fully saturated rings. The highest BCUT2D eigenvalue weighted by atomic mass is 79.9. The molecule has 33 heavy (non-hydrogen) atoms. The largest absolute Gasteiger partial charge is 0.492 e. The molecule has 0 saturated heterocycles. The van der Waals surface area contributed by atoms with Crippen molar-refractivity contribution in [2.45, 2.75) is 32.4 Å². The first-order valence-electron chi connectivity index (χ1n) is 10.9. The molecule has 5 nitrogen and oxygen atoms in total. The second kappa shape index (κ2) is 10.7. The Morgan fingerprint density at radius 2 is 1.55 bits per heavy atom. The Balaban J connectivity index is 1.45. The van der Waals surface area contributed by atoms with Crippen LogP contribution in [0.5, 0.6) is 5.75 Å². The molecule has 172 valence electrons. The minimum Gasteiger partial charge on any atom is -0.492 e. The molecule has 1 atom stereocenters. The van der Waals surface area contributed by atoms with Crippen LogP contribution in [0.2, 0.25) is 0 Å². The zero-order valence-electron chi connectivity index (χ0n) is 18.3. The Kier molecular flexibility index (Phi) is 7.73. The lowest BCUT2D eigenvalue weighted by Crippen LogP contribution is -2.26. The number of hydrogen-bond donors (Lipinski definition) is 1. The van der Waals surface area contributed by atoms with Crippen molar-refractivity contribution in [1.29, 1.82) is 0 Å². The van der Waals surface area contributed by atoms with Crippen LogP contribution in [0.25, 0.3) is 21.8 Å². The highest BCUT2D eigenvalue weighted by Gasteiger charge is 2.18. The average molecular weight is 575 g/mol. The van der Waals surface area contributed by atoms with E-state index < -0.39 is 12.1 Å². The summed E-state index contributed by atoms with van der Waals surface area (Å²) in [6, 6.07) is 20.2. The summed E-state index contributed by atoms with van der Waals surface area (Å²) in [6.07, 6.45) is 0.297. The summed E-state index contributed by atoms with van der Waals surface area (Å²) in [5.74, 6) is -0.180. The number of rotatable bonds is 10. The third-order valence-electron chi connectivity index (χ3n) is 5.52. The van der Waals surface area contributed by atoms with Crippen molar-refractivity contribution in [1.82, 2.24) is 4.57 Å². The van der Waals surface area contributed by atoms with E-state index in [0.717, 1.165) is 37.7 Å². The van der Waals surface area contributed by atoms with Crippen molar-refractivity contribution in [3.8, 4) is 5.75 Å². The Morgan fingerprint density at radius 3 is 2.09 bits per heavy atom. The topological polar surface area (TPSA) is 60.7 Å². The molecule has 1 N–H and O–H groups in total. The number of aromatic nitrogens is 1. The van der Waals surface area contributed by atoms with Crippen molar-refractivity contribution < 1.29 is 19.4 Å². The number of benzene rings is 3. The lowest BCUT2D eigenvalue weighted by atomic mass is 10.1. The van der Waals surface area contributed by atoms with Crippen molar-refractivity contribution >= 4 is 59.6 Å².